The van der Waals surface area contributed by atoms with Gasteiger partial charge >= 0.3 is 6.18 Å². The van der Waals surface area contributed by atoms with Gasteiger partial charge in [0, 0.05) is 58.3 Å². The van der Waals surface area contributed by atoms with Gasteiger partial charge in [-0.1, -0.05) is 31.5 Å². The summed E-state index contributed by atoms with van der Waals surface area (Å²) in [4.78, 5) is 9.18. The zero-order valence-electron chi connectivity index (χ0n) is 19.3. The molecule has 182 valence electrons. The van der Waals surface area contributed by atoms with Gasteiger partial charge in [0.2, 0.25) is 0 Å². The maximum atomic E-state index is 13.2. The number of nitrogens with zero attached hydrogens (tertiary/aromatic N) is 3. The number of halogens is 4. The van der Waals surface area contributed by atoms with Crippen LogP contribution in [0.4, 0.5) is 13.2 Å². The van der Waals surface area contributed by atoms with Crippen molar-refractivity contribution in [2.75, 3.05) is 59.9 Å². The molecular weight excluding hydrogens is 530 g/mol. The van der Waals surface area contributed by atoms with E-state index >= 15 is 0 Å². The molecule has 1 saturated heterocycles. The van der Waals surface area contributed by atoms with Crippen molar-refractivity contribution in [1.82, 2.24) is 20.4 Å². The number of nitrogens with one attached hydrogen (secondary N) is 2. The molecule has 1 aliphatic heterocycles. The lowest BCUT2D eigenvalue weighted by atomic mass is 9.64. The van der Waals surface area contributed by atoms with Gasteiger partial charge in [-0.2, -0.15) is 13.2 Å². The maximum absolute atomic E-state index is 13.2. The molecule has 3 rings (SSSR count). The second-order valence-electron chi connectivity index (χ2n) is 9.23. The molecule has 1 saturated carbocycles. The summed E-state index contributed by atoms with van der Waals surface area (Å²) >= 11 is 0. The number of hydrogen-bond donors (Lipinski definition) is 2. The Balaban J connectivity index is 0.00000363. The number of likely N-dealkylation sites (N-methyl/N-ethyl adjacent to an activating group) is 1. The Labute approximate surface area is 207 Å². The molecule has 5 nitrogen and oxygen atoms in total. The van der Waals surface area contributed by atoms with Gasteiger partial charge < -0.3 is 20.4 Å². The van der Waals surface area contributed by atoms with Crippen molar-refractivity contribution in [2.24, 2.45) is 10.9 Å². The Bertz CT molecular complexity index is 743. The van der Waals surface area contributed by atoms with Crippen LogP contribution in [0.25, 0.3) is 0 Å². The van der Waals surface area contributed by atoms with Crippen LogP contribution in [-0.2, 0) is 11.6 Å². The highest BCUT2D eigenvalue weighted by molar-refractivity contribution is 14.0. The van der Waals surface area contributed by atoms with Crippen LogP contribution in [0.5, 0.6) is 0 Å². The molecule has 2 fully saturated rings. The molecule has 1 aliphatic carbocycles. The SMILES string of the molecule is CN=C(NCC(C)CN1CCN(C)CC1)NCC1(c2cccc(C(F)(F)F)c2)CCC1.I. The molecule has 2 aliphatic rings. The molecule has 1 aromatic carbocycles. The molecule has 9 heteroatoms. The summed E-state index contributed by atoms with van der Waals surface area (Å²) in [5, 5.41) is 6.77. The lowest BCUT2D eigenvalue weighted by Gasteiger charge is -2.43. The zero-order chi connectivity index (χ0) is 22.5. The third-order valence-electron chi connectivity index (χ3n) is 6.71. The Morgan fingerprint density at radius 1 is 1.16 bits per heavy atom. The number of piperazine rings is 1. The third kappa shape index (κ3) is 7.21. The van der Waals surface area contributed by atoms with E-state index in [4.69, 9.17) is 0 Å². The lowest BCUT2D eigenvalue weighted by molar-refractivity contribution is -0.137. The van der Waals surface area contributed by atoms with Crippen LogP contribution in [0.2, 0.25) is 0 Å². The number of benzene rings is 1. The Hall–Kier alpha value is -1.07. The number of aliphatic imine (C=N–C) groups is 1. The molecule has 0 radical (unpaired) electrons. The van der Waals surface area contributed by atoms with E-state index in [2.05, 4.69) is 39.4 Å². The standard InChI is InChI=1S/C23H36F3N5.HI/c1-18(16-31-12-10-30(3)11-13-31)15-28-21(27-2)29-17-22(8-5-9-22)19-6-4-7-20(14-19)23(24,25)26;/h4,6-7,14,18H,5,8-13,15-17H2,1-3H3,(H2,27,28,29);1H. The normalized spacial score (nSPS) is 20.8. The summed E-state index contributed by atoms with van der Waals surface area (Å²) in [5.41, 5.74) is -0.0684. The largest absolute Gasteiger partial charge is 0.416 e. The fourth-order valence-corrected chi connectivity index (χ4v) is 4.48. The summed E-state index contributed by atoms with van der Waals surface area (Å²) in [6, 6.07) is 5.80. The van der Waals surface area contributed by atoms with Crippen molar-refractivity contribution in [3.05, 3.63) is 35.4 Å². The van der Waals surface area contributed by atoms with Crippen molar-refractivity contribution < 1.29 is 13.2 Å². The van der Waals surface area contributed by atoms with Crippen molar-refractivity contribution in [3.63, 3.8) is 0 Å². The molecular formula is C23H37F3IN5. The number of hydrogen-bond acceptors (Lipinski definition) is 3. The molecule has 1 atom stereocenters. The average Bonchev–Trinajstić information content (AvgIpc) is 2.70. The van der Waals surface area contributed by atoms with Gasteiger partial charge in [-0.05, 0) is 37.4 Å². The average molecular weight is 567 g/mol. The topological polar surface area (TPSA) is 42.9 Å². The van der Waals surface area contributed by atoms with E-state index in [1.165, 1.54) is 12.1 Å². The number of alkyl halides is 3. The molecule has 0 spiro atoms. The highest BCUT2D eigenvalue weighted by Crippen LogP contribution is 2.44. The van der Waals surface area contributed by atoms with Crippen LogP contribution in [-0.4, -0.2) is 75.7 Å². The first kappa shape index (κ1) is 27.2. The summed E-state index contributed by atoms with van der Waals surface area (Å²) in [7, 11) is 3.89. The number of rotatable bonds is 7. The van der Waals surface area contributed by atoms with Crippen molar-refractivity contribution in [2.45, 2.75) is 37.8 Å². The quantitative estimate of drug-likeness (QED) is 0.299. The summed E-state index contributed by atoms with van der Waals surface area (Å²) in [6.07, 6.45) is -1.51. The van der Waals surface area contributed by atoms with Crippen molar-refractivity contribution in [3.8, 4) is 0 Å². The summed E-state index contributed by atoms with van der Waals surface area (Å²) in [5.74, 6) is 1.19. The van der Waals surface area contributed by atoms with Gasteiger partial charge in [0.15, 0.2) is 5.96 Å². The predicted molar refractivity (Wildman–Crippen MR) is 135 cm³/mol. The van der Waals surface area contributed by atoms with Crippen LogP contribution in [0.3, 0.4) is 0 Å². The minimum absolute atomic E-state index is 0. The van der Waals surface area contributed by atoms with Gasteiger partial charge in [0.05, 0.1) is 5.56 Å². The Kier molecular flexibility index (Phi) is 10.1. The first-order valence-electron chi connectivity index (χ1n) is 11.2. The smallest absolute Gasteiger partial charge is 0.356 e. The summed E-state index contributed by atoms with van der Waals surface area (Å²) < 4.78 is 39.5. The minimum atomic E-state index is -4.31. The van der Waals surface area contributed by atoms with Crippen molar-refractivity contribution in [1.29, 1.82) is 0 Å². The van der Waals surface area contributed by atoms with E-state index in [0.717, 1.165) is 70.2 Å². The minimum Gasteiger partial charge on any atom is -0.356 e. The zero-order valence-corrected chi connectivity index (χ0v) is 21.7. The van der Waals surface area contributed by atoms with Crippen LogP contribution >= 0.6 is 24.0 Å². The van der Waals surface area contributed by atoms with Crippen LogP contribution in [0.1, 0.15) is 37.3 Å². The Morgan fingerprint density at radius 3 is 2.41 bits per heavy atom. The Morgan fingerprint density at radius 2 is 1.84 bits per heavy atom. The van der Waals surface area contributed by atoms with E-state index < -0.39 is 11.7 Å². The highest BCUT2D eigenvalue weighted by Gasteiger charge is 2.40. The van der Waals surface area contributed by atoms with Crippen molar-refractivity contribution >= 4 is 29.9 Å². The fourth-order valence-electron chi connectivity index (χ4n) is 4.48. The van der Waals surface area contributed by atoms with E-state index in [-0.39, 0.29) is 29.4 Å². The van der Waals surface area contributed by atoms with Crippen LogP contribution < -0.4 is 10.6 Å². The molecule has 1 heterocycles. The molecule has 0 bridgehead atoms. The molecule has 2 N–H and O–H groups in total. The van der Waals surface area contributed by atoms with Crippen LogP contribution in [0, 0.1) is 5.92 Å². The number of guanidine groups is 1. The van der Waals surface area contributed by atoms with Gasteiger partial charge in [0.25, 0.3) is 0 Å². The van der Waals surface area contributed by atoms with E-state index in [1.54, 1.807) is 7.05 Å². The first-order chi connectivity index (χ1) is 14.7. The summed E-state index contributed by atoms with van der Waals surface area (Å²) in [6.45, 7) is 9.10. The maximum Gasteiger partial charge on any atom is 0.416 e. The lowest BCUT2D eigenvalue weighted by Crippen LogP contribution is -2.50. The molecule has 32 heavy (non-hydrogen) atoms. The van der Waals surface area contributed by atoms with E-state index in [9.17, 15) is 13.2 Å². The molecule has 0 amide bonds. The van der Waals surface area contributed by atoms with Gasteiger partial charge in [-0.25, -0.2) is 0 Å². The molecule has 1 unspecified atom stereocenters. The fraction of sp³-hybridized carbons (Fsp3) is 0.696. The van der Waals surface area contributed by atoms with Gasteiger partial charge in [-0.15, -0.1) is 24.0 Å². The molecule has 1 aromatic rings. The van der Waals surface area contributed by atoms with Crippen LogP contribution in [0.15, 0.2) is 29.3 Å². The second kappa shape index (κ2) is 11.9. The predicted octanol–water partition coefficient (Wildman–Crippen LogP) is 3.79. The van der Waals surface area contributed by atoms with Gasteiger partial charge in [-0.3, -0.25) is 4.99 Å². The van der Waals surface area contributed by atoms with Gasteiger partial charge in [0.1, 0.15) is 0 Å². The van der Waals surface area contributed by atoms with E-state index in [1.807, 2.05) is 6.07 Å². The first-order valence-corrected chi connectivity index (χ1v) is 11.2. The van der Waals surface area contributed by atoms with E-state index in [0.29, 0.717) is 18.4 Å². The second-order valence-corrected chi connectivity index (χ2v) is 9.23. The molecule has 0 aromatic heterocycles. The third-order valence-corrected chi connectivity index (χ3v) is 6.71. The highest BCUT2D eigenvalue weighted by atomic mass is 127. The monoisotopic (exact) mass is 567 g/mol.